The Labute approximate surface area is 152 Å². The fourth-order valence-corrected chi connectivity index (χ4v) is 3.53. The molecule has 0 saturated carbocycles. The van der Waals surface area contributed by atoms with Crippen molar-refractivity contribution >= 4 is 5.69 Å². The fourth-order valence-electron chi connectivity index (χ4n) is 3.53. The third-order valence-electron chi connectivity index (χ3n) is 4.85. The first-order valence-electron chi connectivity index (χ1n) is 8.67. The third-order valence-corrected chi connectivity index (χ3v) is 4.85. The molecule has 0 spiro atoms. The van der Waals surface area contributed by atoms with Crippen LogP contribution in [0.4, 0.5) is 18.9 Å². The second kappa shape index (κ2) is 6.84. The van der Waals surface area contributed by atoms with Gasteiger partial charge in [0.1, 0.15) is 11.7 Å². The molecule has 0 amide bonds. The molecular formula is C17H18F3N5O2. The van der Waals surface area contributed by atoms with Gasteiger partial charge in [0.25, 0.3) is 5.56 Å². The maximum atomic E-state index is 13.4. The van der Waals surface area contributed by atoms with Crippen LogP contribution in [-0.4, -0.2) is 34.4 Å². The number of rotatable bonds is 3. The van der Waals surface area contributed by atoms with Crippen LogP contribution >= 0.6 is 0 Å². The molecule has 0 bridgehead atoms. The SMILES string of the molecule is O=c1[nH]ncc(N2Cc3ccnc(OC4CCNCC4)c3C2)c1C(F)(F)F. The molecule has 2 aliphatic rings. The lowest BCUT2D eigenvalue weighted by Gasteiger charge is -2.24. The van der Waals surface area contributed by atoms with Gasteiger partial charge in [0.05, 0.1) is 11.9 Å². The van der Waals surface area contributed by atoms with Gasteiger partial charge >= 0.3 is 6.18 Å². The van der Waals surface area contributed by atoms with Crippen molar-refractivity contribution in [3.05, 3.63) is 45.5 Å². The van der Waals surface area contributed by atoms with E-state index >= 15 is 0 Å². The quantitative estimate of drug-likeness (QED) is 0.844. The van der Waals surface area contributed by atoms with Crippen LogP contribution in [-0.2, 0) is 19.3 Å². The molecule has 7 nitrogen and oxygen atoms in total. The van der Waals surface area contributed by atoms with Crippen molar-refractivity contribution in [1.82, 2.24) is 20.5 Å². The van der Waals surface area contributed by atoms with Gasteiger partial charge in [0, 0.05) is 24.8 Å². The highest BCUT2D eigenvalue weighted by Crippen LogP contribution is 2.38. The largest absolute Gasteiger partial charge is 0.474 e. The Morgan fingerprint density at radius 3 is 2.74 bits per heavy atom. The van der Waals surface area contributed by atoms with E-state index in [2.05, 4.69) is 15.4 Å². The average molecular weight is 381 g/mol. The molecule has 0 aromatic carbocycles. The molecule has 4 heterocycles. The van der Waals surface area contributed by atoms with Crippen molar-refractivity contribution in [2.75, 3.05) is 18.0 Å². The number of halogens is 3. The summed E-state index contributed by atoms with van der Waals surface area (Å²) < 4.78 is 46.1. The molecule has 10 heteroatoms. The summed E-state index contributed by atoms with van der Waals surface area (Å²) in [5.41, 5.74) is -1.14. The highest BCUT2D eigenvalue weighted by atomic mass is 19.4. The lowest BCUT2D eigenvalue weighted by Crippen LogP contribution is -2.34. The predicted octanol–water partition coefficient (Wildman–Crippen LogP) is 1.83. The van der Waals surface area contributed by atoms with E-state index in [9.17, 15) is 18.0 Å². The van der Waals surface area contributed by atoms with Crippen LogP contribution in [0, 0.1) is 0 Å². The van der Waals surface area contributed by atoms with Gasteiger partial charge < -0.3 is 15.0 Å². The maximum Gasteiger partial charge on any atom is 0.423 e. The van der Waals surface area contributed by atoms with Crippen molar-refractivity contribution in [3.63, 3.8) is 0 Å². The number of ether oxygens (including phenoxy) is 1. The number of fused-ring (bicyclic) bond motifs is 1. The van der Waals surface area contributed by atoms with E-state index in [4.69, 9.17) is 4.74 Å². The average Bonchev–Trinajstić information content (AvgIpc) is 3.06. The minimum absolute atomic E-state index is 0.0336. The van der Waals surface area contributed by atoms with E-state index in [-0.39, 0.29) is 24.9 Å². The number of anilines is 1. The lowest BCUT2D eigenvalue weighted by molar-refractivity contribution is -0.138. The number of aromatic amines is 1. The first-order chi connectivity index (χ1) is 12.9. The molecule has 2 N–H and O–H groups in total. The molecule has 27 heavy (non-hydrogen) atoms. The number of alkyl halides is 3. The van der Waals surface area contributed by atoms with Crippen LogP contribution in [0.5, 0.6) is 5.88 Å². The Balaban J connectivity index is 1.63. The zero-order chi connectivity index (χ0) is 19.0. The Hall–Kier alpha value is -2.62. The van der Waals surface area contributed by atoms with Crippen molar-refractivity contribution in [1.29, 1.82) is 0 Å². The standard InChI is InChI=1S/C17H18F3N5O2/c18-17(19,20)14-13(7-23-24-15(14)26)25-8-10-1-6-22-16(12(10)9-25)27-11-2-4-21-5-3-11/h1,6-7,11,21H,2-5,8-9H2,(H,24,26). The van der Waals surface area contributed by atoms with Crippen LogP contribution in [0.2, 0.25) is 0 Å². The lowest BCUT2D eigenvalue weighted by atomic mass is 10.1. The second-order valence-electron chi connectivity index (χ2n) is 6.63. The number of nitrogens with one attached hydrogen (secondary N) is 2. The Morgan fingerprint density at radius 2 is 2.00 bits per heavy atom. The normalized spacial score (nSPS) is 17.8. The van der Waals surface area contributed by atoms with Gasteiger partial charge in [-0.2, -0.15) is 18.3 Å². The van der Waals surface area contributed by atoms with E-state index in [1.165, 1.54) is 4.90 Å². The van der Waals surface area contributed by atoms with Crippen LogP contribution in [0.15, 0.2) is 23.3 Å². The third kappa shape index (κ3) is 3.48. The van der Waals surface area contributed by atoms with Gasteiger partial charge in [0.2, 0.25) is 5.88 Å². The van der Waals surface area contributed by atoms with Crippen LogP contribution in [0.3, 0.4) is 0 Å². The number of pyridine rings is 1. The summed E-state index contributed by atoms with van der Waals surface area (Å²) in [7, 11) is 0. The molecule has 144 valence electrons. The van der Waals surface area contributed by atoms with Crippen molar-refractivity contribution < 1.29 is 17.9 Å². The van der Waals surface area contributed by atoms with Crippen molar-refractivity contribution in [3.8, 4) is 5.88 Å². The monoisotopic (exact) mass is 381 g/mol. The molecule has 0 atom stereocenters. The number of hydrogen-bond donors (Lipinski definition) is 2. The van der Waals surface area contributed by atoms with E-state index < -0.39 is 17.3 Å². The van der Waals surface area contributed by atoms with Crippen molar-refractivity contribution in [2.24, 2.45) is 0 Å². The van der Waals surface area contributed by atoms with E-state index in [1.807, 2.05) is 5.10 Å². The molecule has 2 aromatic heterocycles. The highest BCUT2D eigenvalue weighted by Gasteiger charge is 2.40. The van der Waals surface area contributed by atoms with Gasteiger partial charge in [-0.05, 0) is 37.6 Å². The van der Waals surface area contributed by atoms with E-state index in [0.29, 0.717) is 5.88 Å². The van der Waals surface area contributed by atoms with Gasteiger partial charge in [-0.15, -0.1) is 0 Å². The molecule has 0 unspecified atom stereocenters. The summed E-state index contributed by atoms with van der Waals surface area (Å²) in [5, 5.41) is 8.66. The van der Waals surface area contributed by atoms with Gasteiger partial charge in [0.15, 0.2) is 0 Å². The van der Waals surface area contributed by atoms with Crippen LogP contribution < -0.4 is 20.5 Å². The molecule has 4 rings (SSSR count). The molecule has 1 fully saturated rings. The van der Waals surface area contributed by atoms with Crippen LogP contribution in [0.1, 0.15) is 29.5 Å². The topological polar surface area (TPSA) is 83.1 Å². The number of nitrogens with zero attached hydrogens (tertiary/aromatic N) is 3. The van der Waals surface area contributed by atoms with Gasteiger partial charge in [-0.3, -0.25) is 4.79 Å². The summed E-state index contributed by atoms with van der Waals surface area (Å²) in [6, 6.07) is 1.76. The smallest absolute Gasteiger partial charge is 0.423 e. The Morgan fingerprint density at radius 1 is 1.22 bits per heavy atom. The van der Waals surface area contributed by atoms with Gasteiger partial charge in [-0.25, -0.2) is 10.1 Å². The molecule has 2 aliphatic heterocycles. The second-order valence-corrected chi connectivity index (χ2v) is 6.63. The van der Waals surface area contributed by atoms with Crippen LogP contribution in [0.25, 0.3) is 0 Å². The summed E-state index contributed by atoms with van der Waals surface area (Å²) in [6.07, 6.45) is -0.397. The van der Waals surface area contributed by atoms with E-state index in [1.54, 1.807) is 12.3 Å². The number of piperidine rings is 1. The summed E-state index contributed by atoms with van der Waals surface area (Å²) in [4.78, 5) is 17.5. The first kappa shape index (κ1) is 17.8. The highest BCUT2D eigenvalue weighted by molar-refractivity contribution is 5.57. The molecule has 0 radical (unpaired) electrons. The zero-order valence-electron chi connectivity index (χ0n) is 14.3. The summed E-state index contributed by atoms with van der Waals surface area (Å²) in [5.74, 6) is 0.452. The zero-order valence-corrected chi connectivity index (χ0v) is 14.3. The predicted molar refractivity (Wildman–Crippen MR) is 90.5 cm³/mol. The Bertz CT molecular complexity index is 893. The first-order valence-corrected chi connectivity index (χ1v) is 8.67. The summed E-state index contributed by atoms with van der Waals surface area (Å²) in [6.45, 7) is 2.13. The fraction of sp³-hybridized carbons (Fsp3) is 0.471. The maximum absolute atomic E-state index is 13.4. The molecule has 0 aliphatic carbocycles. The number of aromatic nitrogens is 3. The molecular weight excluding hydrogens is 363 g/mol. The number of hydrogen-bond acceptors (Lipinski definition) is 6. The number of H-pyrrole nitrogens is 1. The Kier molecular flexibility index (Phi) is 4.50. The van der Waals surface area contributed by atoms with Gasteiger partial charge in [-0.1, -0.05) is 0 Å². The minimum Gasteiger partial charge on any atom is -0.474 e. The van der Waals surface area contributed by atoms with E-state index in [0.717, 1.165) is 43.3 Å². The molecule has 2 aromatic rings. The minimum atomic E-state index is -4.77. The molecule has 1 saturated heterocycles. The van der Waals surface area contributed by atoms with Crippen molar-refractivity contribution in [2.45, 2.75) is 38.2 Å². The summed E-state index contributed by atoms with van der Waals surface area (Å²) >= 11 is 0.